The Hall–Kier alpha value is -2.73. The molecular formula is C20H20ClN3O3. The van der Waals surface area contributed by atoms with Gasteiger partial charge in [0.1, 0.15) is 0 Å². The zero-order valence-electron chi connectivity index (χ0n) is 14.8. The van der Waals surface area contributed by atoms with E-state index >= 15 is 0 Å². The predicted molar refractivity (Wildman–Crippen MR) is 105 cm³/mol. The Morgan fingerprint density at radius 1 is 1.04 bits per heavy atom. The second kappa shape index (κ2) is 7.48. The van der Waals surface area contributed by atoms with Crippen LogP contribution in [-0.4, -0.2) is 41.6 Å². The van der Waals surface area contributed by atoms with E-state index < -0.39 is 5.76 Å². The minimum Gasteiger partial charge on any atom is -0.408 e. The minimum absolute atomic E-state index is 0.0536. The maximum Gasteiger partial charge on any atom is 0.419 e. The van der Waals surface area contributed by atoms with E-state index in [1.54, 1.807) is 18.2 Å². The highest BCUT2D eigenvalue weighted by atomic mass is 35.5. The summed E-state index contributed by atoms with van der Waals surface area (Å²) in [5, 5.41) is 0.510. The summed E-state index contributed by atoms with van der Waals surface area (Å²) >= 11 is 5.93. The monoisotopic (exact) mass is 385 g/mol. The van der Waals surface area contributed by atoms with Crippen LogP contribution in [0.15, 0.2) is 57.7 Å². The molecule has 1 aliphatic heterocycles. The van der Waals surface area contributed by atoms with Crippen molar-refractivity contribution in [1.82, 2.24) is 9.47 Å². The Bertz CT molecular complexity index is 1000. The average Bonchev–Trinajstić information content (AvgIpc) is 3.01. The number of hydrogen-bond donors (Lipinski definition) is 0. The number of fused-ring (bicyclic) bond motifs is 1. The highest BCUT2D eigenvalue weighted by Crippen LogP contribution is 2.19. The molecule has 4 rings (SSSR count). The molecular weight excluding hydrogens is 366 g/mol. The van der Waals surface area contributed by atoms with Crippen LogP contribution in [0.3, 0.4) is 0 Å². The number of rotatable bonds is 4. The number of halogens is 1. The second-order valence-corrected chi connectivity index (χ2v) is 7.02. The van der Waals surface area contributed by atoms with Crippen LogP contribution < -0.4 is 10.7 Å². The standard InChI is InChI=1S/C20H20ClN3O3/c21-15-6-7-17-18(14-15)27-20(26)24(17)9-8-19(25)23-12-10-22(11-13-23)16-4-2-1-3-5-16/h1-7,14H,8-13H2. The number of hydrogen-bond acceptors (Lipinski definition) is 4. The Morgan fingerprint density at radius 2 is 1.78 bits per heavy atom. The fourth-order valence-corrected chi connectivity index (χ4v) is 3.63. The first-order valence-corrected chi connectivity index (χ1v) is 9.36. The highest BCUT2D eigenvalue weighted by molar-refractivity contribution is 6.31. The number of aromatic nitrogens is 1. The largest absolute Gasteiger partial charge is 0.419 e. The Labute approximate surface area is 161 Å². The van der Waals surface area contributed by atoms with Gasteiger partial charge in [0.05, 0.1) is 5.52 Å². The van der Waals surface area contributed by atoms with Crippen LogP contribution in [0.5, 0.6) is 0 Å². The van der Waals surface area contributed by atoms with Gasteiger partial charge in [0, 0.05) is 55.9 Å². The van der Waals surface area contributed by atoms with Gasteiger partial charge in [-0.2, -0.15) is 0 Å². The van der Waals surface area contributed by atoms with Gasteiger partial charge in [-0.15, -0.1) is 0 Å². The Balaban J connectivity index is 1.37. The molecule has 1 fully saturated rings. The van der Waals surface area contributed by atoms with E-state index in [1.807, 2.05) is 23.1 Å². The smallest absolute Gasteiger partial charge is 0.408 e. The molecule has 0 aliphatic carbocycles. The van der Waals surface area contributed by atoms with Crippen molar-refractivity contribution in [2.75, 3.05) is 31.1 Å². The van der Waals surface area contributed by atoms with Gasteiger partial charge in [0.15, 0.2) is 5.58 Å². The van der Waals surface area contributed by atoms with Crippen molar-refractivity contribution in [2.45, 2.75) is 13.0 Å². The molecule has 2 heterocycles. The van der Waals surface area contributed by atoms with E-state index in [0.717, 1.165) is 13.1 Å². The summed E-state index contributed by atoms with van der Waals surface area (Å²) in [6.07, 6.45) is 0.266. The molecule has 7 heteroatoms. The molecule has 2 aromatic carbocycles. The summed E-state index contributed by atoms with van der Waals surface area (Å²) in [4.78, 5) is 28.8. The van der Waals surface area contributed by atoms with Gasteiger partial charge in [-0.3, -0.25) is 9.36 Å². The van der Waals surface area contributed by atoms with Gasteiger partial charge in [-0.05, 0) is 24.3 Å². The molecule has 1 saturated heterocycles. The van der Waals surface area contributed by atoms with E-state index in [9.17, 15) is 9.59 Å². The van der Waals surface area contributed by atoms with E-state index in [0.29, 0.717) is 35.8 Å². The first kappa shape index (κ1) is 17.7. The van der Waals surface area contributed by atoms with Gasteiger partial charge >= 0.3 is 5.76 Å². The third kappa shape index (κ3) is 3.71. The van der Waals surface area contributed by atoms with Crippen molar-refractivity contribution < 1.29 is 9.21 Å². The lowest BCUT2D eigenvalue weighted by atomic mass is 10.2. The predicted octanol–water partition coefficient (Wildman–Crippen LogP) is 2.99. The fourth-order valence-electron chi connectivity index (χ4n) is 3.47. The maximum atomic E-state index is 12.6. The molecule has 27 heavy (non-hydrogen) atoms. The summed E-state index contributed by atoms with van der Waals surface area (Å²) in [6, 6.07) is 15.3. The molecule has 3 aromatic rings. The molecule has 0 N–H and O–H groups in total. The summed E-state index contributed by atoms with van der Waals surface area (Å²) in [5.74, 6) is -0.410. The number of para-hydroxylation sites is 1. The van der Waals surface area contributed by atoms with Crippen LogP contribution in [0.2, 0.25) is 5.02 Å². The minimum atomic E-state index is -0.464. The van der Waals surface area contributed by atoms with Crippen LogP contribution in [0.4, 0.5) is 5.69 Å². The molecule has 0 unspecified atom stereocenters. The molecule has 0 spiro atoms. The number of benzene rings is 2. The van der Waals surface area contributed by atoms with Crippen LogP contribution in [0.25, 0.3) is 11.1 Å². The van der Waals surface area contributed by atoms with Crippen molar-refractivity contribution in [3.05, 3.63) is 64.1 Å². The average molecular weight is 386 g/mol. The van der Waals surface area contributed by atoms with Gasteiger partial charge in [-0.25, -0.2) is 4.79 Å². The quantitative estimate of drug-likeness (QED) is 0.692. The van der Waals surface area contributed by atoms with E-state index in [4.69, 9.17) is 16.0 Å². The van der Waals surface area contributed by atoms with Crippen molar-refractivity contribution in [1.29, 1.82) is 0 Å². The van der Waals surface area contributed by atoms with Crippen LogP contribution in [0, 0.1) is 0 Å². The van der Waals surface area contributed by atoms with E-state index in [1.165, 1.54) is 10.3 Å². The molecule has 0 saturated carbocycles. The second-order valence-electron chi connectivity index (χ2n) is 6.59. The normalized spacial score (nSPS) is 14.7. The van der Waals surface area contributed by atoms with Crippen LogP contribution in [-0.2, 0) is 11.3 Å². The maximum absolute atomic E-state index is 12.6. The lowest BCUT2D eigenvalue weighted by molar-refractivity contribution is -0.131. The van der Waals surface area contributed by atoms with Gasteiger partial charge in [0.2, 0.25) is 5.91 Å². The Kier molecular flexibility index (Phi) is 4.90. The third-order valence-electron chi connectivity index (χ3n) is 4.93. The van der Waals surface area contributed by atoms with Crippen molar-refractivity contribution in [2.24, 2.45) is 0 Å². The molecule has 1 aliphatic rings. The number of amides is 1. The number of aryl methyl sites for hydroxylation is 1. The van der Waals surface area contributed by atoms with Crippen LogP contribution >= 0.6 is 11.6 Å². The summed E-state index contributed by atoms with van der Waals surface area (Å²) in [7, 11) is 0. The summed E-state index contributed by atoms with van der Waals surface area (Å²) in [6.45, 7) is 3.28. The fraction of sp³-hybridized carbons (Fsp3) is 0.300. The molecule has 140 valence electrons. The zero-order chi connectivity index (χ0) is 18.8. The molecule has 0 bridgehead atoms. The molecule has 1 amide bonds. The van der Waals surface area contributed by atoms with E-state index in [2.05, 4.69) is 17.0 Å². The van der Waals surface area contributed by atoms with Gasteiger partial charge < -0.3 is 14.2 Å². The molecule has 0 radical (unpaired) electrons. The lowest BCUT2D eigenvalue weighted by Crippen LogP contribution is -2.49. The zero-order valence-corrected chi connectivity index (χ0v) is 15.6. The third-order valence-corrected chi connectivity index (χ3v) is 5.17. The first-order chi connectivity index (χ1) is 13.1. The summed E-state index contributed by atoms with van der Waals surface area (Å²) in [5.41, 5.74) is 2.28. The molecule has 1 aromatic heterocycles. The van der Waals surface area contributed by atoms with Gasteiger partial charge in [0.25, 0.3) is 0 Å². The number of anilines is 1. The molecule has 6 nitrogen and oxygen atoms in total. The number of nitrogens with zero attached hydrogens (tertiary/aromatic N) is 3. The SMILES string of the molecule is O=C(CCn1c(=O)oc2cc(Cl)ccc21)N1CCN(c2ccccc2)CC1. The van der Waals surface area contributed by atoms with Crippen molar-refractivity contribution in [3.63, 3.8) is 0 Å². The Morgan fingerprint density at radius 3 is 2.52 bits per heavy atom. The highest BCUT2D eigenvalue weighted by Gasteiger charge is 2.21. The van der Waals surface area contributed by atoms with Crippen LogP contribution in [0.1, 0.15) is 6.42 Å². The number of oxazole rings is 1. The lowest BCUT2D eigenvalue weighted by Gasteiger charge is -2.36. The molecule has 0 atom stereocenters. The topological polar surface area (TPSA) is 58.7 Å². The number of carbonyl (C=O) groups excluding carboxylic acids is 1. The van der Waals surface area contributed by atoms with Crippen molar-refractivity contribution >= 4 is 34.3 Å². The van der Waals surface area contributed by atoms with Gasteiger partial charge in [-0.1, -0.05) is 29.8 Å². The number of carbonyl (C=O) groups is 1. The van der Waals surface area contributed by atoms with E-state index in [-0.39, 0.29) is 12.3 Å². The number of piperazine rings is 1. The first-order valence-electron chi connectivity index (χ1n) is 8.98. The van der Waals surface area contributed by atoms with Crippen molar-refractivity contribution in [3.8, 4) is 0 Å². The summed E-state index contributed by atoms with van der Waals surface area (Å²) < 4.78 is 6.70.